The number of hydrogen-bond donors (Lipinski definition) is 1. The van der Waals surface area contributed by atoms with Gasteiger partial charge in [0.25, 0.3) is 0 Å². The first-order valence-corrected chi connectivity index (χ1v) is 4.97. The molecule has 0 atom stereocenters. The molecule has 0 unspecified atom stereocenters. The Kier molecular flexibility index (Phi) is 2.80. The first-order chi connectivity index (χ1) is 7.69. The van der Waals surface area contributed by atoms with Crippen molar-refractivity contribution in [3.05, 3.63) is 40.7 Å². The van der Waals surface area contributed by atoms with Gasteiger partial charge in [0.05, 0.1) is 0 Å². The van der Waals surface area contributed by atoms with Gasteiger partial charge in [-0.1, -0.05) is 11.6 Å². The van der Waals surface area contributed by atoms with Crippen molar-refractivity contribution in [2.75, 3.05) is 5.32 Å². The molecule has 5 heteroatoms. The Hall–Kier alpha value is -1.99. The predicted molar refractivity (Wildman–Crippen MR) is 60.7 cm³/mol. The van der Waals surface area contributed by atoms with E-state index in [4.69, 9.17) is 21.3 Å². The minimum absolute atomic E-state index is 0.288. The second-order valence-corrected chi connectivity index (χ2v) is 3.60. The van der Waals surface area contributed by atoms with Crippen molar-refractivity contribution >= 4 is 23.3 Å². The summed E-state index contributed by atoms with van der Waals surface area (Å²) in [6, 6.07) is 9.36. The number of anilines is 2. The van der Waals surface area contributed by atoms with E-state index in [1.165, 1.54) is 0 Å². The summed E-state index contributed by atoms with van der Waals surface area (Å²) in [6.45, 7) is 1.69. The molecule has 2 rings (SSSR count). The molecule has 80 valence electrons. The van der Waals surface area contributed by atoms with Crippen LogP contribution in [0, 0.1) is 18.3 Å². The second kappa shape index (κ2) is 4.25. The highest BCUT2D eigenvalue weighted by atomic mass is 35.5. The molecule has 0 radical (unpaired) electrons. The molecule has 1 N–H and O–H groups in total. The fraction of sp³-hybridized carbons (Fsp3) is 0.0909. The van der Waals surface area contributed by atoms with E-state index < -0.39 is 0 Å². The van der Waals surface area contributed by atoms with Crippen molar-refractivity contribution in [2.45, 2.75) is 6.92 Å². The maximum atomic E-state index is 8.72. The van der Waals surface area contributed by atoms with Gasteiger partial charge in [0.2, 0.25) is 0 Å². The van der Waals surface area contributed by atoms with Crippen LogP contribution in [0.3, 0.4) is 0 Å². The quantitative estimate of drug-likeness (QED) is 0.865. The van der Waals surface area contributed by atoms with Gasteiger partial charge in [0.1, 0.15) is 11.8 Å². The normalized spacial score (nSPS) is 9.81. The summed E-state index contributed by atoms with van der Waals surface area (Å²) in [7, 11) is 0. The average molecular weight is 234 g/mol. The van der Waals surface area contributed by atoms with Crippen LogP contribution >= 0.6 is 11.6 Å². The summed E-state index contributed by atoms with van der Waals surface area (Å²) in [6.07, 6.45) is 0. The highest BCUT2D eigenvalue weighted by Gasteiger charge is 2.08. The first kappa shape index (κ1) is 10.5. The van der Waals surface area contributed by atoms with Crippen molar-refractivity contribution in [1.29, 1.82) is 5.26 Å². The van der Waals surface area contributed by atoms with Crippen molar-refractivity contribution < 1.29 is 4.42 Å². The molecule has 0 bridgehead atoms. The van der Waals surface area contributed by atoms with E-state index in [0.29, 0.717) is 16.8 Å². The molecule has 16 heavy (non-hydrogen) atoms. The second-order valence-electron chi connectivity index (χ2n) is 3.17. The fourth-order valence-electron chi connectivity index (χ4n) is 1.21. The van der Waals surface area contributed by atoms with Crippen LogP contribution < -0.4 is 5.32 Å². The fourth-order valence-corrected chi connectivity index (χ4v) is 1.34. The minimum Gasteiger partial charge on any atom is -0.427 e. The molecule has 1 heterocycles. The summed E-state index contributed by atoms with van der Waals surface area (Å²) >= 11 is 5.76. The molecule has 1 aromatic carbocycles. The number of rotatable bonds is 2. The van der Waals surface area contributed by atoms with Crippen molar-refractivity contribution in [3.8, 4) is 6.07 Å². The van der Waals surface area contributed by atoms with Gasteiger partial charge in [0, 0.05) is 10.7 Å². The predicted octanol–water partition coefficient (Wildman–Crippen LogP) is 3.25. The molecule has 2 aromatic rings. The highest BCUT2D eigenvalue weighted by Crippen LogP contribution is 2.20. The lowest BCUT2D eigenvalue weighted by atomic mass is 10.3. The third kappa shape index (κ3) is 2.15. The molecule has 0 saturated heterocycles. The Morgan fingerprint density at radius 1 is 1.38 bits per heavy atom. The van der Waals surface area contributed by atoms with Gasteiger partial charge in [0.15, 0.2) is 5.69 Å². The third-order valence-corrected chi connectivity index (χ3v) is 2.25. The van der Waals surface area contributed by atoms with Crippen LogP contribution in [0.15, 0.2) is 28.7 Å². The Balaban J connectivity index is 2.21. The van der Waals surface area contributed by atoms with E-state index in [-0.39, 0.29) is 5.69 Å². The van der Waals surface area contributed by atoms with Crippen LogP contribution in [-0.4, -0.2) is 4.98 Å². The minimum atomic E-state index is 0.288. The zero-order chi connectivity index (χ0) is 11.5. The molecule has 1 aromatic heterocycles. The van der Waals surface area contributed by atoms with Crippen LogP contribution in [0.1, 0.15) is 11.5 Å². The largest absolute Gasteiger partial charge is 0.427 e. The number of nitrogens with zero attached hydrogens (tertiary/aromatic N) is 2. The van der Waals surface area contributed by atoms with Crippen LogP contribution in [0.2, 0.25) is 5.02 Å². The number of aryl methyl sites for hydroxylation is 1. The Bertz CT molecular complexity index is 539. The van der Waals surface area contributed by atoms with E-state index in [2.05, 4.69) is 10.3 Å². The molecule has 0 aliphatic heterocycles. The van der Waals surface area contributed by atoms with Gasteiger partial charge in [-0.25, -0.2) is 0 Å². The zero-order valence-corrected chi connectivity index (χ0v) is 9.25. The lowest BCUT2D eigenvalue weighted by Crippen LogP contribution is -1.89. The molecule has 4 nitrogen and oxygen atoms in total. The van der Waals surface area contributed by atoms with E-state index >= 15 is 0 Å². The van der Waals surface area contributed by atoms with Gasteiger partial charge < -0.3 is 9.73 Å². The molecule has 0 amide bonds. The van der Waals surface area contributed by atoms with Crippen LogP contribution in [-0.2, 0) is 0 Å². The van der Waals surface area contributed by atoms with Crippen molar-refractivity contribution in [1.82, 2.24) is 4.98 Å². The van der Waals surface area contributed by atoms with Gasteiger partial charge in [-0.05, 0) is 31.2 Å². The number of halogens is 1. The molecule has 0 aliphatic rings. The van der Waals surface area contributed by atoms with Gasteiger partial charge in [-0.3, -0.25) is 0 Å². The molecule has 0 saturated carbocycles. The van der Waals surface area contributed by atoms with Crippen LogP contribution in [0.4, 0.5) is 11.7 Å². The molecule has 0 spiro atoms. The van der Waals surface area contributed by atoms with Gasteiger partial charge in [-0.15, -0.1) is 0 Å². The smallest absolute Gasteiger partial charge is 0.300 e. The lowest BCUT2D eigenvalue weighted by molar-refractivity contribution is 0.545. The number of nitriles is 1. The van der Waals surface area contributed by atoms with Crippen LogP contribution in [0.5, 0.6) is 0 Å². The molecule has 0 fully saturated rings. The summed E-state index contributed by atoms with van der Waals surface area (Å²) in [5.74, 6) is 0.499. The Morgan fingerprint density at radius 2 is 2.06 bits per heavy atom. The van der Waals surface area contributed by atoms with Gasteiger partial charge >= 0.3 is 6.01 Å². The third-order valence-electron chi connectivity index (χ3n) is 2.00. The monoisotopic (exact) mass is 233 g/mol. The Labute approximate surface area is 97.5 Å². The SMILES string of the molecule is Cc1oc(Nc2ccc(Cl)cc2)nc1C#N. The topological polar surface area (TPSA) is 61.9 Å². The standard InChI is InChI=1S/C11H8ClN3O/c1-7-10(6-13)15-11(16-7)14-9-4-2-8(12)3-5-9/h2-5H,1H3,(H,14,15). The van der Waals surface area contributed by atoms with Crippen LogP contribution in [0.25, 0.3) is 0 Å². The Morgan fingerprint density at radius 3 is 2.62 bits per heavy atom. The number of aromatic nitrogens is 1. The van der Waals surface area contributed by atoms with E-state index in [0.717, 1.165) is 5.69 Å². The highest BCUT2D eigenvalue weighted by molar-refractivity contribution is 6.30. The van der Waals surface area contributed by atoms with Gasteiger partial charge in [-0.2, -0.15) is 10.2 Å². The number of nitrogens with one attached hydrogen (secondary N) is 1. The van der Waals surface area contributed by atoms with Crippen molar-refractivity contribution in [2.24, 2.45) is 0 Å². The number of oxazole rings is 1. The number of hydrogen-bond acceptors (Lipinski definition) is 4. The summed E-state index contributed by atoms with van der Waals surface area (Å²) in [4.78, 5) is 3.97. The summed E-state index contributed by atoms with van der Waals surface area (Å²) < 4.78 is 5.26. The average Bonchev–Trinajstić information content (AvgIpc) is 2.62. The molecule has 0 aliphatic carbocycles. The maximum absolute atomic E-state index is 8.72. The first-order valence-electron chi connectivity index (χ1n) is 4.59. The molecular formula is C11H8ClN3O. The number of benzene rings is 1. The zero-order valence-electron chi connectivity index (χ0n) is 8.49. The maximum Gasteiger partial charge on any atom is 0.300 e. The van der Waals surface area contributed by atoms with E-state index in [1.807, 2.05) is 6.07 Å². The lowest BCUT2D eigenvalue weighted by Gasteiger charge is -2.00. The molecular weight excluding hydrogens is 226 g/mol. The van der Waals surface area contributed by atoms with E-state index in [9.17, 15) is 0 Å². The summed E-state index contributed by atoms with van der Waals surface area (Å²) in [5.41, 5.74) is 1.09. The van der Waals surface area contributed by atoms with E-state index in [1.54, 1.807) is 31.2 Å². The summed E-state index contributed by atoms with van der Waals surface area (Å²) in [5, 5.41) is 12.3. The van der Waals surface area contributed by atoms with Crippen molar-refractivity contribution in [3.63, 3.8) is 0 Å².